The van der Waals surface area contributed by atoms with E-state index in [1.807, 2.05) is 0 Å². The minimum atomic E-state index is -5.32. The maximum absolute atomic E-state index is 13.9. The summed E-state index contributed by atoms with van der Waals surface area (Å²) < 4.78 is 86.9. The van der Waals surface area contributed by atoms with Crippen LogP contribution in [0.3, 0.4) is 0 Å². The van der Waals surface area contributed by atoms with Crippen molar-refractivity contribution in [3.05, 3.63) is 0 Å². The molecule has 0 amide bonds. The Kier molecular flexibility index (Phi) is 5.39. The van der Waals surface area contributed by atoms with E-state index in [4.69, 9.17) is 4.12 Å². The van der Waals surface area contributed by atoms with E-state index in [0.717, 1.165) is 0 Å². The first kappa shape index (κ1) is 19.0. The van der Waals surface area contributed by atoms with Crippen molar-refractivity contribution in [3.63, 3.8) is 0 Å². The Morgan fingerprint density at radius 2 is 1.05 bits per heavy atom. The van der Waals surface area contributed by atoms with Crippen LogP contribution in [0.1, 0.15) is 13.8 Å². The predicted molar refractivity (Wildman–Crippen MR) is 67.1 cm³/mol. The highest BCUT2D eigenvalue weighted by molar-refractivity contribution is 6.87. The predicted octanol–water partition coefficient (Wildman–Crippen LogP) is 4.48. The van der Waals surface area contributed by atoms with Crippen LogP contribution < -0.4 is 0 Å². The lowest BCUT2D eigenvalue weighted by Gasteiger charge is -2.44. The standard InChI is InChI=1S/C10H20F6OSi2/c1-7(11)9(13,14)19(6,17-18(3,4)5)10(15,16)8(2)12/h7-8H,1-6H3. The van der Waals surface area contributed by atoms with Gasteiger partial charge in [-0.05, 0) is 40.0 Å². The molecule has 0 aromatic carbocycles. The molecule has 0 aromatic heterocycles. The Morgan fingerprint density at radius 3 is 1.21 bits per heavy atom. The Labute approximate surface area is 111 Å². The quantitative estimate of drug-likeness (QED) is 0.516. The maximum atomic E-state index is 13.9. The minimum Gasteiger partial charge on any atom is -0.448 e. The number of hydrogen-bond donors (Lipinski definition) is 0. The summed E-state index contributed by atoms with van der Waals surface area (Å²) in [6.45, 7) is 5.76. The molecule has 0 saturated heterocycles. The van der Waals surface area contributed by atoms with Crippen molar-refractivity contribution in [2.24, 2.45) is 0 Å². The molecule has 0 heterocycles. The highest BCUT2D eigenvalue weighted by atomic mass is 28.4. The summed E-state index contributed by atoms with van der Waals surface area (Å²) in [5, 5.41) is 0. The van der Waals surface area contributed by atoms with Crippen LogP contribution in [0.15, 0.2) is 0 Å². The van der Waals surface area contributed by atoms with Crippen molar-refractivity contribution in [1.29, 1.82) is 0 Å². The molecule has 0 aromatic rings. The van der Waals surface area contributed by atoms with E-state index in [1.54, 1.807) is 0 Å². The fourth-order valence-electron chi connectivity index (χ4n) is 1.73. The molecule has 9 heteroatoms. The molecule has 0 radical (unpaired) electrons. The van der Waals surface area contributed by atoms with Gasteiger partial charge in [0, 0.05) is 0 Å². The van der Waals surface area contributed by atoms with Crippen molar-refractivity contribution >= 4 is 16.6 Å². The molecule has 0 saturated carbocycles. The van der Waals surface area contributed by atoms with Crippen LogP contribution in [0.2, 0.25) is 26.2 Å². The minimum absolute atomic E-state index is 0.484. The molecule has 2 unspecified atom stereocenters. The van der Waals surface area contributed by atoms with Gasteiger partial charge >= 0.3 is 8.32 Å². The molecular formula is C10H20F6OSi2. The van der Waals surface area contributed by atoms with Crippen LogP contribution in [0, 0.1) is 0 Å². The van der Waals surface area contributed by atoms with Gasteiger partial charge in [-0.15, -0.1) is 0 Å². The van der Waals surface area contributed by atoms with Crippen LogP contribution in [-0.2, 0) is 4.12 Å². The van der Waals surface area contributed by atoms with Gasteiger partial charge in [-0.3, -0.25) is 0 Å². The smallest absolute Gasteiger partial charge is 0.342 e. The Morgan fingerprint density at radius 1 is 0.789 bits per heavy atom. The molecule has 0 aliphatic heterocycles. The van der Waals surface area contributed by atoms with E-state index in [9.17, 15) is 26.3 Å². The van der Waals surface area contributed by atoms with Crippen molar-refractivity contribution in [2.45, 2.75) is 63.5 Å². The van der Waals surface area contributed by atoms with Crippen LogP contribution in [0.4, 0.5) is 26.3 Å². The van der Waals surface area contributed by atoms with Crippen molar-refractivity contribution < 1.29 is 30.5 Å². The second kappa shape index (κ2) is 5.40. The fraction of sp³-hybridized carbons (Fsp3) is 1.00. The zero-order chi connectivity index (χ0) is 15.9. The molecule has 0 aliphatic rings. The lowest BCUT2D eigenvalue weighted by Crippen LogP contribution is -2.73. The second-order valence-electron chi connectivity index (χ2n) is 5.73. The summed E-state index contributed by atoms with van der Waals surface area (Å²) in [5.41, 5.74) is -8.76. The Bertz CT molecular complexity index is 294. The van der Waals surface area contributed by atoms with Gasteiger partial charge in [-0.25, -0.2) is 26.3 Å². The number of halogens is 6. The molecule has 0 bridgehead atoms. The van der Waals surface area contributed by atoms with Crippen molar-refractivity contribution in [1.82, 2.24) is 0 Å². The van der Waals surface area contributed by atoms with Gasteiger partial charge < -0.3 is 4.12 Å². The van der Waals surface area contributed by atoms with E-state index >= 15 is 0 Å². The van der Waals surface area contributed by atoms with Crippen molar-refractivity contribution in [3.8, 4) is 0 Å². The third-order valence-corrected chi connectivity index (χ3v) is 10.2. The number of hydrogen-bond acceptors (Lipinski definition) is 1. The average Bonchev–Trinajstić information content (AvgIpc) is 2.13. The van der Waals surface area contributed by atoms with Gasteiger partial charge in [0.15, 0.2) is 20.7 Å². The first-order chi connectivity index (χ1) is 8.09. The molecular weight excluding hydrogens is 306 g/mol. The SMILES string of the molecule is CC(F)C(F)(F)[Si](C)(O[Si](C)(C)C)C(F)(F)C(C)F. The summed E-state index contributed by atoms with van der Waals surface area (Å²) in [7, 11) is -8.16. The molecule has 19 heavy (non-hydrogen) atoms. The van der Waals surface area contributed by atoms with Crippen molar-refractivity contribution in [2.75, 3.05) is 0 Å². The van der Waals surface area contributed by atoms with E-state index in [2.05, 4.69) is 0 Å². The third-order valence-electron chi connectivity index (χ3n) is 2.78. The first-order valence-electron chi connectivity index (χ1n) is 5.83. The monoisotopic (exact) mass is 326 g/mol. The zero-order valence-electron chi connectivity index (χ0n) is 11.8. The van der Waals surface area contributed by atoms with Gasteiger partial charge in [0.05, 0.1) is 0 Å². The lowest BCUT2D eigenvalue weighted by atomic mass is 10.4. The highest BCUT2D eigenvalue weighted by Gasteiger charge is 2.74. The van der Waals surface area contributed by atoms with E-state index in [-0.39, 0.29) is 0 Å². The first-order valence-corrected chi connectivity index (χ1v) is 11.6. The van der Waals surface area contributed by atoms with Crippen LogP contribution in [0.5, 0.6) is 0 Å². The summed E-state index contributed by atoms with van der Waals surface area (Å²) >= 11 is 0. The molecule has 1 nitrogen and oxygen atoms in total. The second-order valence-corrected chi connectivity index (χ2v) is 14.2. The summed E-state index contributed by atoms with van der Waals surface area (Å²) in [4.78, 5) is 0. The van der Waals surface area contributed by atoms with Gasteiger partial charge in [0.2, 0.25) is 0 Å². The topological polar surface area (TPSA) is 9.23 Å². The lowest BCUT2D eigenvalue weighted by molar-refractivity contribution is -0.0662. The Balaban J connectivity index is 5.90. The number of rotatable bonds is 6. The van der Waals surface area contributed by atoms with Crippen LogP contribution in [0.25, 0.3) is 0 Å². The number of alkyl halides is 6. The molecule has 0 fully saturated rings. The van der Waals surface area contributed by atoms with E-state index in [1.165, 1.54) is 19.6 Å². The van der Waals surface area contributed by atoms with Crippen LogP contribution >= 0.6 is 0 Å². The van der Waals surface area contributed by atoms with Gasteiger partial charge in [-0.1, -0.05) is 0 Å². The summed E-state index contributed by atoms with van der Waals surface area (Å²) in [6.07, 6.45) is -5.66. The molecule has 0 aliphatic carbocycles. The van der Waals surface area contributed by atoms with E-state index < -0.39 is 40.1 Å². The molecule has 116 valence electrons. The average molecular weight is 326 g/mol. The van der Waals surface area contributed by atoms with E-state index in [0.29, 0.717) is 20.4 Å². The van der Waals surface area contributed by atoms with Gasteiger partial charge in [0.25, 0.3) is 11.1 Å². The fourth-order valence-corrected chi connectivity index (χ4v) is 9.68. The summed E-state index contributed by atoms with van der Waals surface area (Å²) in [6, 6.07) is 0. The Hall–Kier alpha value is -0.0262. The normalized spacial score (nSPS) is 20.8. The van der Waals surface area contributed by atoms with Gasteiger partial charge in [0.1, 0.15) is 0 Å². The van der Waals surface area contributed by atoms with Gasteiger partial charge in [-0.2, -0.15) is 0 Å². The highest BCUT2D eigenvalue weighted by Crippen LogP contribution is 2.46. The molecule has 2 atom stereocenters. The third kappa shape index (κ3) is 3.54. The molecule has 0 spiro atoms. The molecule has 0 rings (SSSR count). The zero-order valence-corrected chi connectivity index (χ0v) is 13.8. The largest absolute Gasteiger partial charge is 0.448 e. The maximum Gasteiger partial charge on any atom is 0.342 e. The molecule has 0 N–H and O–H groups in total. The summed E-state index contributed by atoms with van der Waals surface area (Å²) in [5.74, 6) is 0. The van der Waals surface area contributed by atoms with Crippen LogP contribution in [-0.4, -0.2) is 40.1 Å².